The summed E-state index contributed by atoms with van der Waals surface area (Å²) in [6.07, 6.45) is 3.19. The molecular weight excluding hydrogens is 392 g/mol. The van der Waals surface area contributed by atoms with E-state index in [1.165, 1.54) is 10.3 Å². The van der Waals surface area contributed by atoms with E-state index >= 15 is 0 Å². The molecule has 0 radical (unpaired) electrons. The third kappa shape index (κ3) is 3.72. The van der Waals surface area contributed by atoms with E-state index in [0.29, 0.717) is 5.92 Å². The van der Waals surface area contributed by atoms with Crippen LogP contribution >= 0.6 is 11.3 Å². The lowest BCUT2D eigenvalue weighted by Crippen LogP contribution is -2.52. The van der Waals surface area contributed by atoms with Gasteiger partial charge in [0.1, 0.15) is 6.10 Å². The highest BCUT2D eigenvalue weighted by Crippen LogP contribution is 2.35. The molecule has 1 aromatic heterocycles. The summed E-state index contributed by atoms with van der Waals surface area (Å²) in [6.45, 7) is 5.29. The molecule has 0 aliphatic carbocycles. The lowest BCUT2D eigenvalue weighted by molar-refractivity contribution is -0.159. The lowest BCUT2D eigenvalue weighted by Gasteiger charge is -2.44. The Bertz CT molecular complexity index is 1040. The maximum Gasteiger partial charge on any atom is 0.333 e. The third-order valence-corrected chi connectivity index (χ3v) is 7.60. The summed E-state index contributed by atoms with van der Waals surface area (Å²) in [5.41, 5.74) is 3.22. The van der Waals surface area contributed by atoms with Gasteiger partial charge in [-0.2, -0.15) is 0 Å². The molecule has 3 aliphatic rings. The molecule has 3 aliphatic heterocycles. The zero-order valence-electron chi connectivity index (χ0n) is 17.3. The van der Waals surface area contributed by atoms with Crippen molar-refractivity contribution in [2.75, 3.05) is 25.0 Å². The summed E-state index contributed by atoms with van der Waals surface area (Å²) in [6, 6.07) is 16.0. The van der Waals surface area contributed by atoms with Gasteiger partial charge in [-0.25, -0.2) is 4.79 Å². The number of piperidine rings is 3. The first-order valence-electron chi connectivity index (χ1n) is 11.0. The summed E-state index contributed by atoms with van der Waals surface area (Å²) in [5.74, 6) is 0.338. The molecule has 0 saturated carbocycles. The molecule has 1 N–H and O–H groups in total. The second-order valence-corrected chi connectivity index (χ2v) is 9.30. The number of carbonyl (C=O) groups is 1. The second kappa shape index (κ2) is 8.40. The molecule has 3 saturated heterocycles. The standard InChI is InChI=1S/C25H28N2O2S/c1-2-17-7-3-5-9-21(17)26-24(20-16-30-23-10-6-4-8-19(20)23)25(28)29-22-15-27-13-11-18(22)12-14-27/h3-10,16,18,22,24,26H,2,11-15H2,1H3. The van der Waals surface area contributed by atoms with E-state index < -0.39 is 6.04 Å². The monoisotopic (exact) mass is 420 g/mol. The third-order valence-electron chi connectivity index (χ3n) is 6.62. The van der Waals surface area contributed by atoms with Crippen LogP contribution in [0.5, 0.6) is 0 Å². The van der Waals surface area contributed by atoms with E-state index in [1.54, 1.807) is 11.3 Å². The minimum atomic E-state index is -0.510. The van der Waals surface area contributed by atoms with Crippen LogP contribution < -0.4 is 5.32 Å². The molecule has 3 fully saturated rings. The molecule has 0 amide bonds. The summed E-state index contributed by atoms with van der Waals surface area (Å²) >= 11 is 1.68. The Morgan fingerprint density at radius 1 is 1.17 bits per heavy atom. The van der Waals surface area contributed by atoms with E-state index in [9.17, 15) is 4.79 Å². The van der Waals surface area contributed by atoms with Crippen LogP contribution in [0.25, 0.3) is 10.1 Å². The summed E-state index contributed by atoms with van der Waals surface area (Å²) in [5, 5.41) is 6.78. The zero-order valence-corrected chi connectivity index (χ0v) is 18.2. The fraction of sp³-hybridized carbons (Fsp3) is 0.400. The molecule has 4 nitrogen and oxygen atoms in total. The van der Waals surface area contributed by atoms with E-state index in [-0.39, 0.29) is 12.1 Å². The number of hydrogen-bond acceptors (Lipinski definition) is 5. The van der Waals surface area contributed by atoms with Crippen molar-refractivity contribution in [1.82, 2.24) is 4.90 Å². The van der Waals surface area contributed by atoms with Crippen LogP contribution in [0, 0.1) is 5.92 Å². The van der Waals surface area contributed by atoms with Crippen LogP contribution in [-0.4, -0.2) is 36.6 Å². The number of aryl methyl sites for hydroxylation is 1. The number of para-hydroxylation sites is 1. The Labute approximate surface area is 181 Å². The number of esters is 1. The van der Waals surface area contributed by atoms with Crippen LogP contribution in [0.2, 0.25) is 0 Å². The number of carbonyl (C=O) groups excluding carboxylic acids is 1. The number of fused-ring (bicyclic) bond motifs is 4. The number of ether oxygens (including phenoxy) is 1. The smallest absolute Gasteiger partial charge is 0.333 e. The van der Waals surface area contributed by atoms with Gasteiger partial charge in [0.25, 0.3) is 0 Å². The normalized spacial score (nSPS) is 24.0. The Kier molecular flexibility index (Phi) is 5.48. The molecule has 2 aromatic carbocycles. The molecule has 3 aromatic rings. The zero-order chi connectivity index (χ0) is 20.5. The molecule has 6 rings (SSSR count). The summed E-state index contributed by atoms with van der Waals surface area (Å²) in [4.78, 5) is 16.0. The number of hydrogen-bond donors (Lipinski definition) is 1. The average Bonchev–Trinajstić information content (AvgIpc) is 3.22. The largest absolute Gasteiger partial charge is 0.459 e. The van der Waals surface area contributed by atoms with Gasteiger partial charge in [0.2, 0.25) is 0 Å². The van der Waals surface area contributed by atoms with Crippen molar-refractivity contribution in [2.45, 2.75) is 38.3 Å². The lowest BCUT2D eigenvalue weighted by atomic mass is 9.86. The minimum Gasteiger partial charge on any atom is -0.459 e. The van der Waals surface area contributed by atoms with Crippen LogP contribution in [0.4, 0.5) is 5.69 Å². The number of rotatable bonds is 6. The Morgan fingerprint density at radius 3 is 2.70 bits per heavy atom. The van der Waals surface area contributed by atoms with Crippen LogP contribution in [0.15, 0.2) is 53.9 Å². The van der Waals surface area contributed by atoms with Crippen LogP contribution in [-0.2, 0) is 16.0 Å². The van der Waals surface area contributed by atoms with Gasteiger partial charge in [0.15, 0.2) is 6.04 Å². The average molecular weight is 421 g/mol. The maximum atomic E-state index is 13.5. The number of anilines is 1. The molecule has 2 atom stereocenters. The summed E-state index contributed by atoms with van der Waals surface area (Å²) < 4.78 is 7.36. The van der Waals surface area contributed by atoms with Gasteiger partial charge in [0, 0.05) is 22.5 Å². The molecule has 4 heterocycles. The van der Waals surface area contributed by atoms with Gasteiger partial charge in [-0.3, -0.25) is 4.90 Å². The fourth-order valence-electron chi connectivity index (χ4n) is 4.87. The Morgan fingerprint density at radius 2 is 1.93 bits per heavy atom. The Hall–Kier alpha value is -2.37. The summed E-state index contributed by atoms with van der Waals surface area (Å²) in [7, 11) is 0. The van der Waals surface area contributed by atoms with Crippen molar-refractivity contribution in [2.24, 2.45) is 5.92 Å². The first kappa shape index (κ1) is 19.6. The van der Waals surface area contributed by atoms with Crippen molar-refractivity contribution in [3.63, 3.8) is 0 Å². The molecule has 2 bridgehead atoms. The van der Waals surface area contributed by atoms with Crippen molar-refractivity contribution >= 4 is 33.1 Å². The van der Waals surface area contributed by atoms with E-state index in [0.717, 1.165) is 55.5 Å². The van der Waals surface area contributed by atoms with Crippen molar-refractivity contribution in [3.8, 4) is 0 Å². The van der Waals surface area contributed by atoms with Gasteiger partial charge in [-0.05, 0) is 66.7 Å². The highest BCUT2D eigenvalue weighted by Gasteiger charge is 2.38. The first-order valence-corrected chi connectivity index (χ1v) is 11.8. The second-order valence-electron chi connectivity index (χ2n) is 8.39. The topological polar surface area (TPSA) is 41.6 Å². The van der Waals surface area contributed by atoms with Crippen LogP contribution in [0.3, 0.4) is 0 Å². The number of nitrogens with one attached hydrogen (secondary N) is 1. The molecule has 5 heteroatoms. The maximum absolute atomic E-state index is 13.5. The van der Waals surface area contributed by atoms with E-state index in [4.69, 9.17) is 4.74 Å². The quantitative estimate of drug-likeness (QED) is 0.553. The van der Waals surface area contributed by atoms with Gasteiger partial charge >= 0.3 is 5.97 Å². The van der Waals surface area contributed by atoms with Gasteiger partial charge in [0.05, 0.1) is 0 Å². The van der Waals surface area contributed by atoms with E-state index in [1.807, 2.05) is 24.3 Å². The molecule has 156 valence electrons. The molecule has 2 unspecified atom stereocenters. The minimum absolute atomic E-state index is 0.00983. The van der Waals surface area contributed by atoms with Gasteiger partial charge in [-0.15, -0.1) is 11.3 Å². The van der Waals surface area contributed by atoms with Crippen molar-refractivity contribution < 1.29 is 9.53 Å². The molecular formula is C25H28N2O2S. The van der Waals surface area contributed by atoms with Gasteiger partial charge < -0.3 is 10.1 Å². The van der Waals surface area contributed by atoms with E-state index in [2.05, 4.69) is 46.8 Å². The Balaban J connectivity index is 1.47. The van der Waals surface area contributed by atoms with Gasteiger partial charge in [-0.1, -0.05) is 43.3 Å². The SMILES string of the molecule is CCc1ccccc1NC(C(=O)OC1CN2CCC1CC2)c1csc2ccccc12. The highest BCUT2D eigenvalue weighted by atomic mass is 32.1. The number of benzene rings is 2. The van der Waals surface area contributed by atoms with Crippen LogP contribution in [0.1, 0.15) is 36.9 Å². The highest BCUT2D eigenvalue weighted by molar-refractivity contribution is 7.17. The fourth-order valence-corrected chi connectivity index (χ4v) is 5.86. The first-order chi connectivity index (χ1) is 14.7. The van der Waals surface area contributed by atoms with Crippen molar-refractivity contribution in [1.29, 1.82) is 0 Å². The van der Waals surface area contributed by atoms with Crippen molar-refractivity contribution in [3.05, 3.63) is 65.0 Å². The number of thiophene rings is 1. The predicted molar refractivity (Wildman–Crippen MR) is 123 cm³/mol. The number of nitrogens with zero attached hydrogens (tertiary/aromatic N) is 1. The molecule has 30 heavy (non-hydrogen) atoms. The molecule has 0 spiro atoms. The predicted octanol–water partition coefficient (Wildman–Crippen LogP) is 5.25.